The van der Waals surface area contributed by atoms with E-state index in [2.05, 4.69) is 5.32 Å². The fourth-order valence-electron chi connectivity index (χ4n) is 3.75. The number of nitrogens with one attached hydrogen (secondary N) is 1. The van der Waals surface area contributed by atoms with Crippen LogP contribution < -0.4 is 10.1 Å². The molecule has 1 aliphatic rings. The van der Waals surface area contributed by atoms with Crippen LogP contribution in [0, 0.1) is 5.82 Å². The molecule has 11 heteroatoms. The summed E-state index contributed by atoms with van der Waals surface area (Å²) in [6, 6.07) is 17.4. The van der Waals surface area contributed by atoms with Gasteiger partial charge < -0.3 is 14.8 Å². The second-order valence-electron chi connectivity index (χ2n) is 8.95. The summed E-state index contributed by atoms with van der Waals surface area (Å²) in [5, 5.41) is 2.15. The number of nitrogens with zero attached hydrogens (tertiary/aromatic N) is 1. The van der Waals surface area contributed by atoms with Crippen molar-refractivity contribution in [3.05, 3.63) is 99.2 Å². The summed E-state index contributed by atoms with van der Waals surface area (Å²) in [6.45, 7) is 1.72. The molecule has 3 amide bonds. The number of imide groups is 1. The van der Waals surface area contributed by atoms with Crippen LogP contribution in [0.3, 0.4) is 0 Å². The van der Waals surface area contributed by atoms with Crippen LogP contribution in [0.4, 0.5) is 14.9 Å². The predicted molar refractivity (Wildman–Crippen MR) is 155 cm³/mol. The van der Waals surface area contributed by atoms with E-state index in [0.29, 0.717) is 35.1 Å². The van der Waals surface area contributed by atoms with Crippen LogP contribution in [0.25, 0.3) is 6.08 Å². The van der Waals surface area contributed by atoms with Crippen molar-refractivity contribution in [1.29, 1.82) is 0 Å². The molecule has 1 N–H and O–H groups in total. The normalized spacial score (nSPS) is 13.9. The van der Waals surface area contributed by atoms with E-state index in [-0.39, 0.29) is 40.2 Å². The molecule has 0 radical (unpaired) electrons. The summed E-state index contributed by atoms with van der Waals surface area (Å²) >= 11 is 6.83. The highest BCUT2D eigenvalue weighted by molar-refractivity contribution is 8.18. The van der Waals surface area contributed by atoms with Gasteiger partial charge in [-0.15, -0.1) is 0 Å². The molecule has 212 valence electrons. The second-order valence-corrected chi connectivity index (χ2v) is 10.4. The Bertz CT molecular complexity index is 1510. The molecule has 3 aromatic rings. The van der Waals surface area contributed by atoms with E-state index in [1.807, 2.05) is 6.92 Å². The number of hydrogen-bond donors (Lipinski definition) is 1. The third kappa shape index (κ3) is 7.96. The Hall–Kier alpha value is -4.15. The molecule has 3 aromatic carbocycles. The van der Waals surface area contributed by atoms with Gasteiger partial charge in [-0.05, 0) is 66.2 Å². The number of thioether (sulfide) groups is 1. The molecule has 0 bridgehead atoms. The minimum Gasteiger partial charge on any atom is -0.489 e. The van der Waals surface area contributed by atoms with Crippen LogP contribution in [0.5, 0.6) is 5.75 Å². The molecule has 4 rings (SSSR count). The predicted octanol–water partition coefficient (Wildman–Crippen LogP) is 6.69. The van der Waals surface area contributed by atoms with Gasteiger partial charge in [0.05, 0.1) is 22.1 Å². The summed E-state index contributed by atoms with van der Waals surface area (Å²) in [5.41, 5.74) is 1.34. The molecule has 1 saturated heterocycles. The van der Waals surface area contributed by atoms with Gasteiger partial charge in [0.2, 0.25) is 5.91 Å². The van der Waals surface area contributed by atoms with Crippen molar-refractivity contribution in [2.24, 2.45) is 0 Å². The number of benzene rings is 3. The van der Waals surface area contributed by atoms with Crippen LogP contribution in [0.1, 0.15) is 41.3 Å². The first-order valence-corrected chi connectivity index (χ1v) is 13.9. The minimum absolute atomic E-state index is 0.0247. The highest BCUT2D eigenvalue weighted by Crippen LogP contribution is 2.33. The Morgan fingerprint density at radius 1 is 1.07 bits per heavy atom. The zero-order valence-corrected chi connectivity index (χ0v) is 23.6. The summed E-state index contributed by atoms with van der Waals surface area (Å²) in [4.78, 5) is 51.5. The van der Waals surface area contributed by atoms with Crippen molar-refractivity contribution in [3.63, 3.8) is 0 Å². The fourth-order valence-corrected chi connectivity index (χ4v) is 4.78. The van der Waals surface area contributed by atoms with Crippen LogP contribution >= 0.6 is 23.4 Å². The molecule has 0 atom stereocenters. The number of unbranched alkanes of at least 4 members (excludes halogenated alkanes) is 1. The van der Waals surface area contributed by atoms with Crippen molar-refractivity contribution in [2.75, 3.05) is 18.5 Å². The Balaban J connectivity index is 1.38. The molecular formula is C30H26ClFN2O6S. The summed E-state index contributed by atoms with van der Waals surface area (Å²) < 4.78 is 24.7. The number of esters is 1. The zero-order chi connectivity index (χ0) is 29.4. The Morgan fingerprint density at radius 2 is 1.88 bits per heavy atom. The molecule has 1 heterocycles. The fraction of sp³-hybridized carbons (Fsp3) is 0.200. The number of carbonyl (C=O) groups excluding carboxylic acids is 4. The van der Waals surface area contributed by atoms with Crippen LogP contribution in [-0.2, 0) is 20.9 Å². The Kier molecular flexibility index (Phi) is 10.2. The maximum absolute atomic E-state index is 13.9. The lowest BCUT2D eigenvalue weighted by Crippen LogP contribution is -2.36. The quantitative estimate of drug-likeness (QED) is 0.149. The molecule has 41 heavy (non-hydrogen) atoms. The topological polar surface area (TPSA) is 102 Å². The molecule has 0 aliphatic carbocycles. The zero-order valence-electron chi connectivity index (χ0n) is 22.0. The lowest BCUT2D eigenvalue weighted by atomic mass is 10.2. The molecular weight excluding hydrogens is 571 g/mol. The largest absolute Gasteiger partial charge is 0.489 e. The highest BCUT2D eigenvalue weighted by atomic mass is 35.5. The molecule has 1 fully saturated rings. The Morgan fingerprint density at radius 3 is 2.66 bits per heavy atom. The first-order valence-electron chi connectivity index (χ1n) is 12.7. The van der Waals surface area contributed by atoms with Gasteiger partial charge in [-0.3, -0.25) is 19.3 Å². The van der Waals surface area contributed by atoms with E-state index in [4.69, 9.17) is 21.1 Å². The van der Waals surface area contributed by atoms with Gasteiger partial charge in [0.1, 0.15) is 24.7 Å². The van der Waals surface area contributed by atoms with Crippen molar-refractivity contribution < 1.29 is 33.0 Å². The number of amides is 3. The van der Waals surface area contributed by atoms with Gasteiger partial charge in [-0.2, -0.15) is 0 Å². The summed E-state index contributed by atoms with van der Waals surface area (Å²) in [6.07, 6.45) is 3.09. The molecule has 8 nitrogen and oxygen atoms in total. The number of ether oxygens (including phenoxy) is 2. The number of hydrogen-bond acceptors (Lipinski definition) is 7. The third-order valence-electron chi connectivity index (χ3n) is 5.88. The first-order chi connectivity index (χ1) is 19.7. The van der Waals surface area contributed by atoms with E-state index in [1.165, 1.54) is 30.3 Å². The number of carbonyl (C=O) groups is 4. The number of halogens is 2. The van der Waals surface area contributed by atoms with E-state index >= 15 is 0 Å². The second kappa shape index (κ2) is 14.0. The maximum atomic E-state index is 13.9. The van der Waals surface area contributed by atoms with Gasteiger partial charge in [-0.25, -0.2) is 9.18 Å². The average molecular weight is 597 g/mol. The van der Waals surface area contributed by atoms with Crippen LogP contribution in [0.2, 0.25) is 5.02 Å². The molecule has 0 spiro atoms. The van der Waals surface area contributed by atoms with Gasteiger partial charge in [0, 0.05) is 11.3 Å². The van der Waals surface area contributed by atoms with Crippen molar-refractivity contribution >= 4 is 58.1 Å². The standard InChI is InChI=1S/C30H26ClFN2O6S/c1-2-3-13-39-29(37)23-16-21(11-12-24(23)31)33-27(35)17-34-28(36)26(41-30(34)38)15-19-7-6-9-22(14-19)40-18-20-8-4-5-10-25(20)32/h4-12,14-16H,2-3,13,17-18H2,1H3,(H,33,35)/b26-15+. The van der Waals surface area contributed by atoms with Crippen molar-refractivity contribution in [2.45, 2.75) is 26.4 Å². The van der Waals surface area contributed by atoms with Gasteiger partial charge in [0.25, 0.3) is 11.1 Å². The average Bonchev–Trinajstić information content (AvgIpc) is 3.21. The molecule has 0 aromatic heterocycles. The van der Waals surface area contributed by atoms with Crippen LogP contribution in [0.15, 0.2) is 71.6 Å². The highest BCUT2D eigenvalue weighted by Gasteiger charge is 2.36. The lowest BCUT2D eigenvalue weighted by molar-refractivity contribution is -0.127. The minimum atomic E-state index is -0.635. The van der Waals surface area contributed by atoms with E-state index in [0.717, 1.165) is 11.3 Å². The smallest absolute Gasteiger partial charge is 0.339 e. The van der Waals surface area contributed by atoms with Gasteiger partial charge in [-0.1, -0.05) is 55.3 Å². The monoisotopic (exact) mass is 596 g/mol. The molecule has 0 saturated carbocycles. The lowest BCUT2D eigenvalue weighted by Gasteiger charge is -2.13. The summed E-state index contributed by atoms with van der Waals surface area (Å²) in [7, 11) is 0. The Labute approximate surface area is 245 Å². The van der Waals surface area contributed by atoms with Gasteiger partial charge in [0.15, 0.2) is 0 Å². The molecule has 0 unspecified atom stereocenters. The first kappa shape index (κ1) is 29.8. The third-order valence-corrected chi connectivity index (χ3v) is 7.12. The summed E-state index contributed by atoms with van der Waals surface area (Å²) in [5.74, 6) is -1.79. The van der Waals surface area contributed by atoms with E-state index in [9.17, 15) is 23.6 Å². The molecule has 1 aliphatic heterocycles. The van der Waals surface area contributed by atoms with Crippen molar-refractivity contribution in [1.82, 2.24) is 4.90 Å². The SMILES string of the molecule is CCCCOC(=O)c1cc(NC(=O)CN2C(=O)S/C(=C/c3cccc(OCc4ccccc4F)c3)C2=O)ccc1Cl. The number of anilines is 1. The van der Waals surface area contributed by atoms with E-state index < -0.39 is 29.6 Å². The van der Waals surface area contributed by atoms with E-state index in [1.54, 1.807) is 42.5 Å². The maximum Gasteiger partial charge on any atom is 0.339 e. The van der Waals surface area contributed by atoms with Crippen LogP contribution in [-0.4, -0.2) is 41.1 Å². The number of rotatable bonds is 11. The van der Waals surface area contributed by atoms with Gasteiger partial charge >= 0.3 is 5.97 Å². The van der Waals surface area contributed by atoms with Crippen molar-refractivity contribution in [3.8, 4) is 5.75 Å².